The molecule has 1 aliphatic rings. The Kier molecular flexibility index (Phi) is 8.00. The highest BCUT2D eigenvalue weighted by Crippen LogP contribution is 2.25. The van der Waals surface area contributed by atoms with E-state index in [4.69, 9.17) is 0 Å². The Morgan fingerprint density at radius 2 is 1.55 bits per heavy atom. The second-order valence-corrected chi connectivity index (χ2v) is 10.8. The van der Waals surface area contributed by atoms with Crippen LogP contribution in [0, 0.1) is 25.7 Å². The number of nitrogens with zero attached hydrogens (tertiary/aromatic N) is 3. The Morgan fingerprint density at radius 3 is 2.24 bits per heavy atom. The van der Waals surface area contributed by atoms with Gasteiger partial charge in [-0.1, -0.05) is 42.2 Å². The maximum Gasteiger partial charge on any atom is 0.257 e. The van der Waals surface area contributed by atoms with Crippen LogP contribution in [0.15, 0.2) is 72.1 Å². The molecule has 5 rings (SSSR count). The molecular formula is C32H32N4OS. The molecule has 6 heteroatoms. The number of rotatable bonds is 5. The number of carbonyl (C=O) groups excluding carboxylic acids is 1. The first-order valence-electron chi connectivity index (χ1n) is 12.9. The molecule has 2 heterocycles. The van der Waals surface area contributed by atoms with Gasteiger partial charge in [-0.3, -0.25) is 15.0 Å². The van der Waals surface area contributed by atoms with Crippen LogP contribution in [0.25, 0.3) is 11.3 Å². The highest BCUT2D eigenvalue weighted by Gasteiger charge is 2.15. The van der Waals surface area contributed by atoms with Crippen molar-refractivity contribution < 1.29 is 4.79 Å². The molecule has 5 nitrogen and oxygen atoms in total. The normalized spacial score (nSPS) is 14.1. The molecule has 0 spiro atoms. The highest BCUT2D eigenvalue weighted by molar-refractivity contribution is 7.14. The molecule has 0 atom stereocenters. The number of aryl methyl sites for hydroxylation is 2. The van der Waals surface area contributed by atoms with Crippen LogP contribution < -0.4 is 5.32 Å². The number of hydrogen-bond acceptors (Lipinski definition) is 5. The topological polar surface area (TPSA) is 48.5 Å². The lowest BCUT2D eigenvalue weighted by atomic mass is 10.1. The van der Waals surface area contributed by atoms with Crippen molar-refractivity contribution in [2.75, 3.05) is 38.5 Å². The Hall–Kier alpha value is -3.76. The third kappa shape index (κ3) is 6.76. The predicted molar refractivity (Wildman–Crippen MR) is 157 cm³/mol. The number of amides is 1. The van der Waals surface area contributed by atoms with Gasteiger partial charge in [-0.05, 0) is 74.0 Å². The van der Waals surface area contributed by atoms with E-state index in [-0.39, 0.29) is 5.91 Å². The molecule has 4 aromatic rings. The quantitative estimate of drug-likeness (QED) is 0.337. The highest BCUT2D eigenvalue weighted by atomic mass is 32.1. The van der Waals surface area contributed by atoms with Gasteiger partial charge in [0.1, 0.15) is 0 Å². The summed E-state index contributed by atoms with van der Waals surface area (Å²) in [6.45, 7) is 9.45. The Balaban J connectivity index is 1.18. The molecule has 1 aromatic heterocycles. The van der Waals surface area contributed by atoms with Crippen LogP contribution in [-0.2, 0) is 6.54 Å². The van der Waals surface area contributed by atoms with Gasteiger partial charge in [-0.25, -0.2) is 4.98 Å². The van der Waals surface area contributed by atoms with Crippen LogP contribution >= 0.6 is 11.3 Å². The molecular weight excluding hydrogens is 488 g/mol. The number of likely N-dealkylation sites (N-methyl/N-ethyl adjacent to an activating group) is 1. The van der Waals surface area contributed by atoms with Gasteiger partial charge in [-0.2, -0.15) is 0 Å². The van der Waals surface area contributed by atoms with E-state index in [0.29, 0.717) is 10.7 Å². The van der Waals surface area contributed by atoms with Crippen molar-refractivity contribution in [2.24, 2.45) is 0 Å². The van der Waals surface area contributed by atoms with Crippen LogP contribution in [-0.4, -0.2) is 53.9 Å². The molecule has 3 aromatic carbocycles. The molecule has 1 N–H and O–H groups in total. The summed E-state index contributed by atoms with van der Waals surface area (Å²) in [5.41, 5.74) is 8.10. The maximum atomic E-state index is 12.8. The van der Waals surface area contributed by atoms with E-state index >= 15 is 0 Å². The minimum absolute atomic E-state index is 0.144. The molecule has 1 saturated heterocycles. The maximum absolute atomic E-state index is 12.8. The van der Waals surface area contributed by atoms with Gasteiger partial charge in [0.25, 0.3) is 5.91 Å². The lowest BCUT2D eigenvalue weighted by molar-refractivity contribution is 0.102. The molecule has 1 amide bonds. The second kappa shape index (κ2) is 11.7. The monoisotopic (exact) mass is 520 g/mol. The van der Waals surface area contributed by atoms with E-state index in [1.807, 2.05) is 53.9 Å². The van der Waals surface area contributed by atoms with Crippen molar-refractivity contribution >= 4 is 22.4 Å². The lowest BCUT2D eigenvalue weighted by Crippen LogP contribution is -2.43. The average molecular weight is 521 g/mol. The van der Waals surface area contributed by atoms with Crippen LogP contribution in [0.1, 0.15) is 38.2 Å². The lowest BCUT2D eigenvalue weighted by Gasteiger charge is -2.32. The van der Waals surface area contributed by atoms with Crippen molar-refractivity contribution in [3.63, 3.8) is 0 Å². The SMILES string of the molecule is Cc1cc(C)cc(C#Cc2ccc(-c3csc(NC(=O)c4ccc(CN5CCN(C)CC5)cc4)n3)cc2)c1. The number of thiazole rings is 1. The standard InChI is InChI=1S/C32H32N4OS/c1-23-18-24(2)20-27(19-23)5-4-25-6-10-28(11-7-25)30-22-38-32(33-30)34-31(37)29-12-8-26(9-13-29)21-36-16-14-35(3)15-17-36/h6-13,18-20,22H,14-17,21H2,1-3H3,(H,33,34,37). The molecule has 0 bridgehead atoms. The summed E-state index contributed by atoms with van der Waals surface area (Å²) >= 11 is 1.43. The van der Waals surface area contributed by atoms with E-state index in [1.165, 1.54) is 28.0 Å². The molecule has 0 radical (unpaired) electrons. The summed E-state index contributed by atoms with van der Waals surface area (Å²) in [5.74, 6) is 6.35. The van der Waals surface area contributed by atoms with Crippen molar-refractivity contribution in [3.8, 4) is 23.1 Å². The van der Waals surface area contributed by atoms with E-state index in [1.54, 1.807) is 0 Å². The van der Waals surface area contributed by atoms with Crippen molar-refractivity contribution in [3.05, 3.63) is 105 Å². The molecule has 0 aliphatic carbocycles. The van der Waals surface area contributed by atoms with Gasteiger partial charge in [0.15, 0.2) is 5.13 Å². The number of nitrogens with one attached hydrogen (secondary N) is 1. The third-order valence-electron chi connectivity index (χ3n) is 6.70. The number of anilines is 1. The number of benzene rings is 3. The fourth-order valence-electron chi connectivity index (χ4n) is 4.57. The van der Waals surface area contributed by atoms with Gasteiger partial charge < -0.3 is 4.90 Å². The van der Waals surface area contributed by atoms with Crippen LogP contribution in [0.4, 0.5) is 5.13 Å². The molecule has 0 saturated carbocycles. The van der Waals surface area contributed by atoms with Crippen molar-refractivity contribution in [1.82, 2.24) is 14.8 Å². The summed E-state index contributed by atoms with van der Waals surface area (Å²) in [5, 5.41) is 5.49. The van der Waals surface area contributed by atoms with E-state index in [2.05, 4.69) is 71.0 Å². The first-order valence-corrected chi connectivity index (χ1v) is 13.8. The summed E-state index contributed by atoms with van der Waals surface area (Å²) in [6, 6.07) is 22.3. The van der Waals surface area contributed by atoms with Crippen molar-refractivity contribution in [1.29, 1.82) is 0 Å². The second-order valence-electron chi connectivity index (χ2n) is 9.97. The fraction of sp³-hybridized carbons (Fsp3) is 0.250. The van der Waals surface area contributed by atoms with Gasteiger partial charge in [0, 0.05) is 60.4 Å². The van der Waals surface area contributed by atoms with Gasteiger partial charge in [0.05, 0.1) is 5.69 Å². The smallest absolute Gasteiger partial charge is 0.257 e. The van der Waals surface area contributed by atoms with Crippen LogP contribution in [0.3, 0.4) is 0 Å². The molecule has 38 heavy (non-hydrogen) atoms. The van der Waals surface area contributed by atoms with Crippen LogP contribution in [0.2, 0.25) is 0 Å². The Bertz CT molecular complexity index is 1450. The zero-order chi connectivity index (χ0) is 26.5. The predicted octanol–water partition coefficient (Wildman–Crippen LogP) is 5.83. The number of hydrogen-bond donors (Lipinski definition) is 1. The van der Waals surface area contributed by atoms with Gasteiger partial charge >= 0.3 is 0 Å². The number of aromatic nitrogens is 1. The molecule has 1 aliphatic heterocycles. The van der Waals surface area contributed by atoms with Gasteiger partial charge in [-0.15, -0.1) is 11.3 Å². The summed E-state index contributed by atoms with van der Waals surface area (Å²) in [7, 11) is 2.16. The minimum Gasteiger partial charge on any atom is -0.304 e. The molecule has 192 valence electrons. The molecule has 0 unspecified atom stereocenters. The minimum atomic E-state index is -0.144. The first-order chi connectivity index (χ1) is 18.4. The first kappa shape index (κ1) is 25.9. The largest absolute Gasteiger partial charge is 0.304 e. The van der Waals surface area contributed by atoms with Crippen LogP contribution in [0.5, 0.6) is 0 Å². The Morgan fingerprint density at radius 1 is 0.895 bits per heavy atom. The average Bonchev–Trinajstić information content (AvgIpc) is 3.37. The molecule has 1 fully saturated rings. The number of piperazine rings is 1. The third-order valence-corrected chi connectivity index (χ3v) is 7.45. The zero-order valence-electron chi connectivity index (χ0n) is 22.1. The van der Waals surface area contributed by atoms with Gasteiger partial charge in [0.2, 0.25) is 0 Å². The zero-order valence-corrected chi connectivity index (χ0v) is 22.9. The summed E-state index contributed by atoms with van der Waals surface area (Å²) in [4.78, 5) is 22.2. The number of carbonyl (C=O) groups is 1. The summed E-state index contributed by atoms with van der Waals surface area (Å²) in [6.07, 6.45) is 0. The van der Waals surface area contributed by atoms with Crippen molar-refractivity contribution in [2.45, 2.75) is 20.4 Å². The van der Waals surface area contributed by atoms with E-state index < -0.39 is 0 Å². The summed E-state index contributed by atoms with van der Waals surface area (Å²) < 4.78 is 0. The van der Waals surface area contributed by atoms with E-state index in [0.717, 1.165) is 55.1 Å². The fourth-order valence-corrected chi connectivity index (χ4v) is 5.29. The Labute approximate surface area is 229 Å². The van der Waals surface area contributed by atoms with E-state index in [9.17, 15) is 4.79 Å².